The maximum absolute atomic E-state index is 14.9. The van der Waals surface area contributed by atoms with Gasteiger partial charge in [-0.05, 0) is 90.8 Å². The van der Waals surface area contributed by atoms with Gasteiger partial charge in [0.25, 0.3) is 0 Å². The van der Waals surface area contributed by atoms with Crippen LogP contribution in [-0.4, -0.2) is 219 Å². The summed E-state index contributed by atoms with van der Waals surface area (Å²) in [6.07, 6.45) is -1.45. The van der Waals surface area contributed by atoms with E-state index >= 15 is 0 Å². The summed E-state index contributed by atoms with van der Waals surface area (Å²) >= 11 is 0. The molecule has 1 aliphatic rings. The molecular weight excluding hydrogens is 1520 g/mol. The monoisotopic (exact) mass is 1630 g/mol. The molecule has 2 heterocycles. The van der Waals surface area contributed by atoms with Crippen molar-refractivity contribution < 1.29 is 86.9 Å². The van der Waals surface area contributed by atoms with Crippen LogP contribution in [0.15, 0.2) is 120 Å². The number of hydrogen-bond acceptors (Lipinski definition) is 20. The molecule has 632 valence electrons. The molecule has 12 atom stereocenters. The molecule has 0 bridgehead atoms. The number of carbonyl (C=O) groups is 16. The average Bonchev–Trinajstić information content (AvgIpc) is 1.65. The Kier molecular flexibility index (Phi) is 36.3. The van der Waals surface area contributed by atoms with Crippen molar-refractivity contribution in [1.29, 1.82) is 0 Å². The second kappa shape index (κ2) is 45.7. The van der Waals surface area contributed by atoms with E-state index in [9.17, 15) is 86.9 Å². The van der Waals surface area contributed by atoms with E-state index in [1.54, 1.807) is 98.8 Å². The Bertz CT molecular complexity index is 4350. The number of aliphatic imine (C=N–C) groups is 1. The van der Waals surface area contributed by atoms with E-state index in [0.717, 1.165) is 0 Å². The Labute approximate surface area is 674 Å². The van der Waals surface area contributed by atoms with Gasteiger partial charge in [0.1, 0.15) is 72.2 Å². The highest BCUT2D eigenvalue weighted by Gasteiger charge is 2.41. The summed E-state index contributed by atoms with van der Waals surface area (Å²) in [5, 5.41) is 48.4. The third-order valence-electron chi connectivity index (χ3n) is 18.8. The molecule has 117 heavy (non-hydrogen) atoms. The van der Waals surface area contributed by atoms with E-state index in [0.29, 0.717) is 40.4 Å². The predicted molar refractivity (Wildman–Crippen MR) is 426 cm³/mol. The van der Waals surface area contributed by atoms with Gasteiger partial charge >= 0.3 is 0 Å². The third-order valence-corrected chi connectivity index (χ3v) is 18.8. The quantitative estimate of drug-likeness (QED) is 0.00982. The fraction of sp³-hybridized carbons (Fsp3) is 0.449. The first-order valence-electron chi connectivity index (χ1n) is 38.1. The summed E-state index contributed by atoms with van der Waals surface area (Å²) in [6, 6.07) is 9.94. The number of aliphatic hydroxyl groups is 1. The van der Waals surface area contributed by atoms with Crippen LogP contribution in [0.1, 0.15) is 108 Å². The number of aromatic hydroxyl groups is 1. The van der Waals surface area contributed by atoms with Gasteiger partial charge in [-0.1, -0.05) is 119 Å². The number of para-hydroxylation sites is 1. The topological polar surface area (TPSA) is 659 Å². The van der Waals surface area contributed by atoms with Crippen molar-refractivity contribution in [3.05, 3.63) is 138 Å². The number of rotatable bonds is 47. The zero-order valence-corrected chi connectivity index (χ0v) is 65.4. The van der Waals surface area contributed by atoms with Crippen LogP contribution in [0, 0.1) is 11.8 Å². The molecule has 0 radical (unpaired) electrons. The lowest BCUT2D eigenvalue weighted by Crippen LogP contribution is -2.62. The van der Waals surface area contributed by atoms with E-state index in [1.165, 1.54) is 35.4 Å². The molecule has 4 aromatic carbocycles. The number of carbonyl (C=O) groups excluding carboxylic acids is 16. The number of aromatic amines is 1. The second-order valence-electron chi connectivity index (χ2n) is 29.3. The normalized spacial score (nSPS) is 15.2. The molecule has 0 spiro atoms. The van der Waals surface area contributed by atoms with Crippen molar-refractivity contribution >= 4 is 111 Å². The molecule has 6 rings (SSSR count). The van der Waals surface area contributed by atoms with Gasteiger partial charge in [-0.2, -0.15) is 0 Å². The van der Waals surface area contributed by atoms with Crippen molar-refractivity contribution in [1.82, 2.24) is 68.4 Å². The third kappa shape index (κ3) is 30.7. The molecule has 0 saturated carbocycles. The van der Waals surface area contributed by atoms with Gasteiger partial charge in [-0.15, -0.1) is 0 Å². The van der Waals surface area contributed by atoms with E-state index < -0.39 is 212 Å². The number of phenolic OH excluding ortho intramolecular Hbond substituents is 1. The molecule has 1 saturated heterocycles. The van der Waals surface area contributed by atoms with Crippen molar-refractivity contribution in [3.63, 3.8) is 0 Å². The number of primary amides is 4. The highest BCUT2D eigenvalue weighted by Crippen LogP contribution is 2.23. The number of H-pyrrole nitrogens is 1. The molecule has 5 aromatic rings. The molecule has 39 nitrogen and oxygen atoms in total. The Balaban J connectivity index is 1.20. The van der Waals surface area contributed by atoms with Gasteiger partial charge in [0.15, 0.2) is 5.96 Å². The largest absolute Gasteiger partial charge is 0.508 e. The Morgan fingerprint density at radius 2 is 0.906 bits per heavy atom. The van der Waals surface area contributed by atoms with E-state index in [4.69, 9.17) is 40.1 Å². The number of likely N-dealkylation sites (tertiary alicyclic amines) is 1. The number of fused-ring (bicyclic) bond motifs is 1. The highest BCUT2D eigenvalue weighted by molar-refractivity contribution is 6.02. The maximum atomic E-state index is 14.9. The summed E-state index contributed by atoms with van der Waals surface area (Å²) in [7, 11) is 0. The zero-order chi connectivity index (χ0) is 86.2. The Morgan fingerprint density at radius 1 is 0.479 bits per heavy atom. The smallest absolute Gasteiger partial charge is 0.245 e. The van der Waals surface area contributed by atoms with Crippen LogP contribution in [0.3, 0.4) is 0 Å². The van der Waals surface area contributed by atoms with Crippen LogP contribution >= 0.6 is 0 Å². The van der Waals surface area contributed by atoms with Crippen molar-refractivity contribution in [2.45, 2.75) is 184 Å². The number of nitrogens with two attached hydrogens (primary N) is 7. The fourth-order valence-electron chi connectivity index (χ4n) is 12.9. The molecule has 16 amide bonds. The first-order valence-corrected chi connectivity index (χ1v) is 38.1. The molecular formula is C78H107N21O18. The zero-order valence-electron chi connectivity index (χ0n) is 65.4. The maximum Gasteiger partial charge on any atom is 0.245 e. The fourth-order valence-corrected chi connectivity index (χ4v) is 12.9. The molecule has 0 aliphatic carbocycles. The lowest BCUT2D eigenvalue weighted by molar-refractivity contribution is -0.141. The second-order valence-corrected chi connectivity index (χ2v) is 29.3. The number of nitrogens with one attached hydrogen (secondary N) is 12. The molecule has 1 aromatic heterocycles. The number of nitrogens with zero attached hydrogens (tertiary/aromatic N) is 2. The summed E-state index contributed by atoms with van der Waals surface area (Å²) in [5.74, 6) is -17.2. The summed E-state index contributed by atoms with van der Waals surface area (Å²) in [4.78, 5) is 230. The van der Waals surface area contributed by atoms with Crippen LogP contribution in [0.2, 0.25) is 0 Å². The minimum Gasteiger partial charge on any atom is -0.508 e. The van der Waals surface area contributed by atoms with Crippen LogP contribution in [0.25, 0.3) is 10.9 Å². The molecule has 0 unspecified atom stereocenters. The summed E-state index contributed by atoms with van der Waals surface area (Å²) < 4.78 is 0. The predicted octanol–water partition coefficient (Wildman–Crippen LogP) is -5.32. The number of guanidine groups is 1. The molecule has 1 aliphatic heterocycles. The van der Waals surface area contributed by atoms with Crippen molar-refractivity contribution in [2.75, 3.05) is 26.2 Å². The van der Waals surface area contributed by atoms with Crippen LogP contribution < -0.4 is 98.6 Å². The lowest BCUT2D eigenvalue weighted by Gasteiger charge is -2.29. The Hall–Kier alpha value is -13.1. The van der Waals surface area contributed by atoms with Gasteiger partial charge < -0.3 is 119 Å². The molecule has 28 N–H and O–H groups in total. The van der Waals surface area contributed by atoms with Gasteiger partial charge in [-0.3, -0.25) is 81.7 Å². The van der Waals surface area contributed by atoms with Gasteiger partial charge in [0.05, 0.1) is 38.5 Å². The average molecular weight is 1630 g/mol. The van der Waals surface area contributed by atoms with Crippen LogP contribution in [0.5, 0.6) is 5.75 Å². The summed E-state index contributed by atoms with van der Waals surface area (Å²) in [5.41, 5.74) is 42.1. The number of benzene rings is 4. The molecule has 1 fully saturated rings. The van der Waals surface area contributed by atoms with E-state index in [1.807, 2.05) is 13.8 Å². The summed E-state index contributed by atoms with van der Waals surface area (Å²) in [6.45, 7) is 5.44. The number of hydrogen-bond donors (Lipinski definition) is 21. The SMILES string of the molecule is CC(C)C[C@H](NC(=O)CNC(=O)[C@H](Cc1ccccc1)NC(=O)[C@H](CO)NC(=O)[C@H](CC(N)=O)NC(=O)[C@H](Cc1c[nH]c2ccccc12)NC(=O)[C@H](CC(N)=O)NC(=O)[C@H](Cc1ccc(O)cc1)NC(=O)[C@H](CC(N)=O)NC(=O)[C@@H]1CCCN1C(=O)[C@@H](N)CC(C)C)C(=O)N[C@@H](CCCN=C(N)N)C(=O)N[C@@H](Cc1ccccc1)C(N)=O. The van der Waals surface area contributed by atoms with Crippen LogP contribution in [0.4, 0.5) is 0 Å². The highest BCUT2D eigenvalue weighted by atomic mass is 16.3. The molecule has 39 heteroatoms. The van der Waals surface area contributed by atoms with Gasteiger partial charge in [0.2, 0.25) is 94.5 Å². The number of phenols is 1. The standard InChI is InChI=1S/C78H107N21O18/c1-41(2)29-49(79)77(117)99-28-14-22-61(99)76(116)97-59(37-64(82)104)73(113)93-55(33-45-23-25-47(101)26-24-45)70(110)95-57(35-62(80)102)72(112)94-56(34-46-38-87-50-20-12-11-19-48(46)50)71(111)96-58(36-63(81)103)74(114)98-60(40-100)75(115)92-54(32-44-17-9-6-10-18-44)67(107)88-39-65(105)89-53(30-42(3)4)69(109)90-51(21-13-27-86-78(84)85)68(108)91-52(66(83)106)31-43-15-7-5-8-16-43/h5-12,15-20,23-26,38,41-42,49,51-61,87,100-101H,13-14,21-22,27-37,39-40,79H2,1-4H3,(H2,80,102)(H2,81,103)(H2,82,104)(H2,83,106)(H,88,107)(H,89,105)(H,90,109)(H,91,108)(H,92,115)(H,93,113)(H,94,112)(H,95,110)(H,96,111)(H,97,116)(H,98,114)(H4,84,85,86)/t49-,51-,52-,53-,54-,55-,56-,57-,58-,59-,60-,61-/m0/s1. The lowest BCUT2D eigenvalue weighted by atomic mass is 10.0. The van der Waals surface area contributed by atoms with Crippen molar-refractivity contribution in [2.24, 2.45) is 57.0 Å². The van der Waals surface area contributed by atoms with Crippen molar-refractivity contribution in [3.8, 4) is 5.75 Å². The minimum atomic E-state index is -2.03. The van der Waals surface area contributed by atoms with Crippen LogP contribution in [-0.2, 0) is 102 Å². The van der Waals surface area contributed by atoms with E-state index in [-0.39, 0.29) is 80.7 Å². The van der Waals surface area contributed by atoms with Gasteiger partial charge in [-0.25, -0.2) is 0 Å². The number of aromatic nitrogens is 1. The number of amides is 16. The van der Waals surface area contributed by atoms with Gasteiger partial charge in [0, 0.05) is 55.9 Å². The first-order chi connectivity index (χ1) is 55.5. The Morgan fingerprint density at radius 3 is 1.42 bits per heavy atom. The minimum absolute atomic E-state index is 0.00934. The number of aliphatic hydroxyl groups excluding tert-OH is 1. The first kappa shape index (κ1) is 92.8. The van der Waals surface area contributed by atoms with E-state index in [2.05, 4.69) is 68.5 Å².